The Kier molecular flexibility index (Phi) is 3.27. The lowest BCUT2D eigenvalue weighted by molar-refractivity contribution is 0.578. The number of aromatic nitrogens is 2. The molecule has 2 aromatic rings. The van der Waals surface area contributed by atoms with Crippen LogP contribution in [0.4, 0.5) is 14.6 Å². The summed E-state index contributed by atoms with van der Waals surface area (Å²) in [5.74, 6) is -0.354. The maximum absolute atomic E-state index is 12.9. The lowest BCUT2D eigenvalue weighted by Gasteiger charge is -2.17. The van der Waals surface area contributed by atoms with Crippen LogP contribution in [-0.2, 0) is 6.54 Å². The van der Waals surface area contributed by atoms with E-state index in [1.807, 2.05) is 0 Å². The number of benzene rings is 1. The minimum absolute atomic E-state index is 0.274. The van der Waals surface area contributed by atoms with E-state index in [1.165, 1.54) is 24.5 Å². The van der Waals surface area contributed by atoms with Crippen molar-refractivity contribution in [2.75, 3.05) is 11.9 Å². The number of nitrogens with zero attached hydrogens (tertiary/aromatic N) is 3. The molecule has 1 heterocycles. The molecular formula is C12H11F2N3. The molecule has 88 valence electrons. The van der Waals surface area contributed by atoms with Crippen LogP contribution < -0.4 is 4.90 Å². The van der Waals surface area contributed by atoms with Crippen LogP contribution in [0.15, 0.2) is 36.7 Å². The maximum Gasteiger partial charge on any atom is 0.218 e. The van der Waals surface area contributed by atoms with Gasteiger partial charge in [0.15, 0.2) is 0 Å². The van der Waals surface area contributed by atoms with Gasteiger partial charge < -0.3 is 4.90 Å². The van der Waals surface area contributed by atoms with Crippen molar-refractivity contribution >= 4 is 5.82 Å². The fourth-order valence-electron chi connectivity index (χ4n) is 1.48. The van der Waals surface area contributed by atoms with Gasteiger partial charge in [-0.2, -0.15) is 4.39 Å². The molecule has 1 aromatic heterocycles. The highest BCUT2D eigenvalue weighted by molar-refractivity contribution is 5.37. The Balaban J connectivity index is 2.11. The summed E-state index contributed by atoms with van der Waals surface area (Å²) in [7, 11) is 1.78. The predicted molar refractivity (Wildman–Crippen MR) is 60.5 cm³/mol. The molecule has 0 unspecified atom stereocenters. The first-order chi connectivity index (χ1) is 8.15. The number of rotatable bonds is 3. The highest BCUT2D eigenvalue weighted by Crippen LogP contribution is 2.12. The number of anilines is 1. The van der Waals surface area contributed by atoms with Gasteiger partial charge in [0.25, 0.3) is 0 Å². The second-order valence-corrected chi connectivity index (χ2v) is 3.68. The standard InChI is InChI=1S/C12H11F2N3/c1-17(12-6-11(14)15-8-16-12)7-9-2-4-10(13)5-3-9/h2-6,8H,7H2,1H3. The van der Waals surface area contributed by atoms with Crippen LogP contribution in [0.2, 0.25) is 0 Å². The molecular weight excluding hydrogens is 224 g/mol. The van der Waals surface area contributed by atoms with Crippen molar-refractivity contribution in [2.45, 2.75) is 6.54 Å². The van der Waals surface area contributed by atoms with Crippen molar-refractivity contribution in [3.63, 3.8) is 0 Å². The summed E-state index contributed by atoms with van der Waals surface area (Å²) < 4.78 is 25.6. The van der Waals surface area contributed by atoms with Crippen molar-refractivity contribution in [3.05, 3.63) is 54.0 Å². The third-order valence-corrected chi connectivity index (χ3v) is 2.34. The Labute approximate surface area is 97.7 Å². The molecule has 0 N–H and O–H groups in total. The van der Waals surface area contributed by atoms with Gasteiger partial charge in [-0.15, -0.1) is 0 Å². The third kappa shape index (κ3) is 2.96. The third-order valence-electron chi connectivity index (χ3n) is 2.34. The zero-order valence-electron chi connectivity index (χ0n) is 9.27. The van der Waals surface area contributed by atoms with Gasteiger partial charge in [0.1, 0.15) is 18.0 Å². The Bertz CT molecular complexity index is 499. The van der Waals surface area contributed by atoms with Crippen molar-refractivity contribution in [1.82, 2.24) is 9.97 Å². The average Bonchev–Trinajstić information content (AvgIpc) is 2.32. The summed E-state index contributed by atoms with van der Waals surface area (Å²) in [6, 6.07) is 7.41. The molecule has 2 rings (SSSR count). The van der Waals surface area contributed by atoms with Crippen molar-refractivity contribution in [2.24, 2.45) is 0 Å². The average molecular weight is 235 g/mol. The monoisotopic (exact) mass is 235 g/mol. The van der Waals surface area contributed by atoms with Crippen LogP contribution in [0.1, 0.15) is 5.56 Å². The molecule has 1 aromatic carbocycles. The molecule has 5 heteroatoms. The molecule has 0 aliphatic carbocycles. The summed E-state index contributed by atoms with van der Waals surface area (Å²) in [5, 5.41) is 0. The van der Waals surface area contributed by atoms with Crippen LogP contribution >= 0.6 is 0 Å². The Hall–Kier alpha value is -2.04. The second-order valence-electron chi connectivity index (χ2n) is 3.68. The zero-order valence-corrected chi connectivity index (χ0v) is 9.27. The molecule has 17 heavy (non-hydrogen) atoms. The highest BCUT2D eigenvalue weighted by Gasteiger charge is 2.05. The fourth-order valence-corrected chi connectivity index (χ4v) is 1.48. The van der Waals surface area contributed by atoms with Crippen LogP contribution in [0.3, 0.4) is 0 Å². The van der Waals surface area contributed by atoms with E-state index < -0.39 is 5.95 Å². The predicted octanol–water partition coefficient (Wildman–Crippen LogP) is 2.39. The van der Waals surface area contributed by atoms with Crippen molar-refractivity contribution in [1.29, 1.82) is 0 Å². The molecule has 0 aliphatic heterocycles. The number of halogens is 2. The topological polar surface area (TPSA) is 29.0 Å². The normalized spacial score (nSPS) is 10.3. The SMILES string of the molecule is CN(Cc1ccc(F)cc1)c1cc(F)ncn1. The smallest absolute Gasteiger partial charge is 0.218 e. The van der Waals surface area contributed by atoms with E-state index in [0.717, 1.165) is 5.56 Å². The molecule has 0 aliphatic rings. The first-order valence-electron chi connectivity index (χ1n) is 5.08. The maximum atomic E-state index is 12.9. The van der Waals surface area contributed by atoms with Crippen molar-refractivity contribution < 1.29 is 8.78 Å². The largest absolute Gasteiger partial charge is 0.355 e. The van der Waals surface area contributed by atoms with E-state index in [4.69, 9.17) is 0 Å². The van der Waals surface area contributed by atoms with Gasteiger partial charge in [-0.1, -0.05) is 12.1 Å². The van der Waals surface area contributed by atoms with Gasteiger partial charge in [0.05, 0.1) is 0 Å². The molecule has 0 fully saturated rings. The zero-order chi connectivity index (χ0) is 12.3. The van der Waals surface area contributed by atoms with Crippen molar-refractivity contribution in [3.8, 4) is 0 Å². The van der Waals surface area contributed by atoms with E-state index in [0.29, 0.717) is 12.4 Å². The first-order valence-corrected chi connectivity index (χ1v) is 5.08. The Morgan fingerprint density at radius 1 is 1.12 bits per heavy atom. The molecule has 0 spiro atoms. The minimum Gasteiger partial charge on any atom is -0.355 e. The van der Waals surface area contributed by atoms with E-state index in [9.17, 15) is 8.78 Å². The van der Waals surface area contributed by atoms with Gasteiger partial charge in [0.2, 0.25) is 5.95 Å². The second kappa shape index (κ2) is 4.86. The summed E-state index contributed by atoms with van der Waals surface area (Å²) in [6.07, 6.45) is 1.17. The van der Waals surface area contributed by atoms with Gasteiger partial charge >= 0.3 is 0 Å². The molecule has 3 nitrogen and oxygen atoms in total. The fraction of sp³-hybridized carbons (Fsp3) is 0.167. The number of hydrogen-bond acceptors (Lipinski definition) is 3. The molecule has 0 bridgehead atoms. The molecule has 0 radical (unpaired) electrons. The molecule has 0 atom stereocenters. The minimum atomic E-state index is -0.569. The lowest BCUT2D eigenvalue weighted by atomic mass is 10.2. The molecule has 0 saturated heterocycles. The summed E-state index contributed by atoms with van der Waals surface area (Å²) >= 11 is 0. The van der Waals surface area contributed by atoms with Crippen LogP contribution in [0.25, 0.3) is 0 Å². The lowest BCUT2D eigenvalue weighted by Crippen LogP contribution is -2.18. The summed E-state index contributed by atoms with van der Waals surface area (Å²) in [5.41, 5.74) is 0.924. The van der Waals surface area contributed by atoms with Gasteiger partial charge in [-0.25, -0.2) is 14.4 Å². The summed E-state index contributed by atoms with van der Waals surface area (Å²) in [6.45, 7) is 0.525. The quantitative estimate of drug-likeness (QED) is 0.765. The Morgan fingerprint density at radius 3 is 2.47 bits per heavy atom. The van der Waals surface area contributed by atoms with E-state index in [2.05, 4.69) is 9.97 Å². The van der Waals surface area contributed by atoms with E-state index in [1.54, 1.807) is 24.1 Å². The molecule has 0 saturated carbocycles. The molecule has 0 amide bonds. The van der Waals surface area contributed by atoms with E-state index >= 15 is 0 Å². The van der Waals surface area contributed by atoms with Gasteiger partial charge in [-0.05, 0) is 17.7 Å². The van der Waals surface area contributed by atoms with E-state index in [-0.39, 0.29) is 5.82 Å². The van der Waals surface area contributed by atoms with Gasteiger partial charge in [-0.3, -0.25) is 0 Å². The number of hydrogen-bond donors (Lipinski definition) is 0. The first kappa shape index (κ1) is 11.4. The van der Waals surface area contributed by atoms with Crippen LogP contribution in [0.5, 0.6) is 0 Å². The highest BCUT2D eigenvalue weighted by atomic mass is 19.1. The van der Waals surface area contributed by atoms with Crippen LogP contribution in [0, 0.1) is 11.8 Å². The van der Waals surface area contributed by atoms with Gasteiger partial charge in [0, 0.05) is 19.7 Å². The Morgan fingerprint density at radius 2 is 1.82 bits per heavy atom. The van der Waals surface area contributed by atoms with Crippen LogP contribution in [-0.4, -0.2) is 17.0 Å². The summed E-state index contributed by atoms with van der Waals surface area (Å²) in [4.78, 5) is 9.10.